The lowest BCUT2D eigenvalue weighted by atomic mass is 9.95. The zero-order chi connectivity index (χ0) is 20.0. The maximum absolute atomic E-state index is 11.3. The molecule has 2 unspecified atom stereocenters. The van der Waals surface area contributed by atoms with Gasteiger partial charge in [-0.3, -0.25) is 13.9 Å². The summed E-state index contributed by atoms with van der Waals surface area (Å²) in [4.78, 5) is 22.1. The van der Waals surface area contributed by atoms with Gasteiger partial charge in [0.05, 0.1) is 16.9 Å². The summed E-state index contributed by atoms with van der Waals surface area (Å²) in [5.41, 5.74) is -0.418. The van der Waals surface area contributed by atoms with Crippen molar-refractivity contribution in [2.45, 2.75) is 56.5 Å². The molecule has 0 radical (unpaired) electrons. The van der Waals surface area contributed by atoms with E-state index in [1.165, 1.54) is 13.8 Å². The van der Waals surface area contributed by atoms with Gasteiger partial charge in [-0.15, -0.1) is 0 Å². The zero-order valence-corrected chi connectivity index (χ0v) is 15.4. The maximum Gasteiger partial charge on any atom is 0.332 e. The van der Waals surface area contributed by atoms with E-state index in [2.05, 4.69) is 0 Å². The number of hydrogen-bond donors (Lipinski definition) is 4. The van der Waals surface area contributed by atoms with E-state index in [0.717, 1.165) is 0 Å². The quantitative estimate of drug-likeness (QED) is 0.286. The molecular formula is C13H22O10S2. The Kier molecular flexibility index (Phi) is 8.71. The Morgan fingerprint density at radius 3 is 1.44 bits per heavy atom. The molecule has 0 aliphatic heterocycles. The van der Waals surface area contributed by atoms with Crippen molar-refractivity contribution in [2.75, 3.05) is 0 Å². The van der Waals surface area contributed by atoms with Crippen molar-refractivity contribution < 1.29 is 45.7 Å². The van der Waals surface area contributed by atoms with Crippen molar-refractivity contribution in [3.8, 4) is 0 Å². The fourth-order valence-electron chi connectivity index (χ4n) is 1.98. The average Bonchev–Trinajstić information content (AvgIpc) is 2.42. The number of carboxylic acid groups (broad SMARTS) is 2. The Morgan fingerprint density at radius 2 is 1.20 bits per heavy atom. The van der Waals surface area contributed by atoms with E-state index in [-0.39, 0.29) is 31.3 Å². The van der Waals surface area contributed by atoms with Crippen molar-refractivity contribution in [1.82, 2.24) is 0 Å². The van der Waals surface area contributed by atoms with Crippen LogP contribution in [0.5, 0.6) is 0 Å². The molecule has 0 heterocycles. The Balaban J connectivity index is 5.55. The number of rotatable bonds is 11. The molecule has 0 saturated carbocycles. The predicted molar refractivity (Wildman–Crippen MR) is 87.4 cm³/mol. The van der Waals surface area contributed by atoms with Crippen molar-refractivity contribution in [2.24, 2.45) is 0 Å². The second kappa shape index (κ2) is 9.27. The smallest absolute Gasteiger partial charge is 0.332 e. The number of allylic oxidation sites excluding steroid dienone is 1. The van der Waals surface area contributed by atoms with Crippen LogP contribution in [0, 0.1) is 0 Å². The van der Waals surface area contributed by atoms with Gasteiger partial charge in [-0.2, -0.15) is 16.8 Å². The van der Waals surface area contributed by atoms with Gasteiger partial charge in [0, 0.05) is 5.57 Å². The minimum Gasteiger partial charge on any atom is -0.481 e. The summed E-state index contributed by atoms with van der Waals surface area (Å²) < 4.78 is 62.1. The highest BCUT2D eigenvalue weighted by atomic mass is 32.2. The van der Waals surface area contributed by atoms with Crippen molar-refractivity contribution in [1.29, 1.82) is 0 Å². The molecule has 0 rings (SSSR count). The minimum absolute atomic E-state index is 0.0564. The van der Waals surface area contributed by atoms with Crippen molar-refractivity contribution >= 4 is 32.2 Å². The number of aliphatic carboxylic acids is 2. The monoisotopic (exact) mass is 402 g/mol. The van der Waals surface area contributed by atoms with Gasteiger partial charge in [0.25, 0.3) is 20.2 Å². The van der Waals surface area contributed by atoms with Gasteiger partial charge in [-0.05, 0) is 39.5 Å². The van der Waals surface area contributed by atoms with Gasteiger partial charge in [0.2, 0.25) is 0 Å². The van der Waals surface area contributed by atoms with Crippen LogP contribution >= 0.6 is 0 Å². The van der Waals surface area contributed by atoms with E-state index >= 15 is 0 Å². The molecule has 4 N–H and O–H groups in total. The molecule has 12 heteroatoms. The van der Waals surface area contributed by atoms with Crippen LogP contribution in [0.4, 0.5) is 0 Å². The summed E-state index contributed by atoms with van der Waals surface area (Å²) in [7, 11) is -8.69. The third-order valence-electron chi connectivity index (χ3n) is 3.74. The van der Waals surface area contributed by atoms with E-state index < -0.39 is 54.7 Å². The first-order chi connectivity index (χ1) is 11.2. The van der Waals surface area contributed by atoms with Crippen molar-refractivity contribution in [3.63, 3.8) is 0 Å². The van der Waals surface area contributed by atoms with Gasteiger partial charge in [-0.1, -0.05) is 5.57 Å². The number of hydrogen-bond acceptors (Lipinski definition) is 6. The van der Waals surface area contributed by atoms with Crippen LogP contribution in [0.25, 0.3) is 0 Å². The molecule has 0 aliphatic carbocycles. The van der Waals surface area contributed by atoms with Gasteiger partial charge >= 0.3 is 11.9 Å². The third-order valence-corrected chi connectivity index (χ3v) is 6.24. The first kappa shape index (κ1) is 23.5. The number of carbonyl (C=O) groups is 2. The molecule has 0 aromatic carbocycles. The molecule has 0 amide bonds. The lowest BCUT2D eigenvalue weighted by molar-refractivity contribution is -0.139. The number of carboxylic acids is 2. The summed E-state index contributed by atoms with van der Waals surface area (Å²) >= 11 is 0. The molecule has 0 spiro atoms. The molecule has 25 heavy (non-hydrogen) atoms. The molecule has 2 atom stereocenters. The summed E-state index contributed by atoms with van der Waals surface area (Å²) in [5.74, 6) is -2.93. The van der Waals surface area contributed by atoms with E-state index in [1.54, 1.807) is 0 Å². The molecule has 0 aliphatic rings. The lowest BCUT2D eigenvalue weighted by Gasteiger charge is -2.15. The normalized spacial score (nSPS) is 14.6. The van der Waals surface area contributed by atoms with E-state index in [1.807, 2.05) is 0 Å². The van der Waals surface area contributed by atoms with Crippen molar-refractivity contribution in [3.05, 3.63) is 11.1 Å². The molecule has 0 aromatic heterocycles. The standard InChI is InChI=1S/C13H22O10S2/c1-8(24(18,19)20)3-5-10(6-4-9(2)25(21,22)23)11(13(16)17)7-12(14)15/h8-9H,3-7H2,1-2H3,(H,14,15)(H,16,17)(H,18,19,20)(H,21,22,23). The maximum atomic E-state index is 11.3. The molecule has 10 nitrogen and oxygen atoms in total. The Bertz CT molecular complexity index is 689. The Labute approximate surface area is 146 Å². The highest BCUT2D eigenvalue weighted by Gasteiger charge is 2.24. The SMILES string of the molecule is CC(CCC(CCC(C)S(=O)(=O)O)=C(CC(=O)O)C(=O)O)S(=O)(=O)O. The fraction of sp³-hybridized carbons (Fsp3) is 0.692. The highest BCUT2D eigenvalue weighted by Crippen LogP contribution is 2.24. The van der Waals surface area contributed by atoms with Crippen LogP contribution in [-0.2, 0) is 29.8 Å². The first-order valence-electron chi connectivity index (χ1n) is 7.24. The summed E-state index contributed by atoms with van der Waals surface area (Å²) in [6, 6.07) is 0. The molecule has 146 valence electrons. The Morgan fingerprint density at radius 1 is 0.840 bits per heavy atom. The first-order valence-corrected chi connectivity index (χ1v) is 10.3. The van der Waals surface area contributed by atoms with Crippen LogP contribution < -0.4 is 0 Å². The van der Waals surface area contributed by atoms with Crippen LogP contribution in [0.15, 0.2) is 11.1 Å². The summed E-state index contributed by atoms with van der Waals surface area (Å²) in [6.07, 6.45) is -1.50. The van der Waals surface area contributed by atoms with Gasteiger partial charge < -0.3 is 10.2 Å². The molecule has 0 saturated heterocycles. The topological polar surface area (TPSA) is 183 Å². The fourth-order valence-corrected chi connectivity index (χ4v) is 2.81. The lowest BCUT2D eigenvalue weighted by Crippen LogP contribution is -2.19. The van der Waals surface area contributed by atoms with E-state index in [0.29, 0.717) is 0 Å². The summed E-state index contributed by atoms with van der Waals surface area (Å²) in [5, 5.41) is 15.6. The van der Waals surface area contributed by atoms with Crippen LogP contribution in [0.3, 0.4) is 0 Å². The van der Waals surface area contributed by atoms with Gasteiger partial charge in [0.1, 0.15) is 0 Å². The van der Waals surface area contributed by atoms with Crippen LogP contribution in [-0.4, -0.2) is 58.6 Å². The van der Waals surface area contributed by atoms with Gasteiger partial charge in [0.15, 0.2) is 0 Å². The Hall–Kier alpha value is -1.50. The molecule has 0 aromatic rings. The second-order valence-corrected chi connectivity index (χ2v) is 9.36. The van der Waals surface area contributed by atoms with Gasteiger partial charge in [-0.25, -0.2) is 4.79 Å². The highest BCUT2D eigenvalue weighted by molar-refractivity contribution is 7.86. The molecule has 0 fully saturated rings. The molecular weight excluding hydrogens is 380 g/mol. The minimum atomic E-state index is -4.34. The molecule has 0 bridgehead atoms. The zero-order valence-electron chi connectivity index (χ0n) is 13.7. The predicted octanol–water partition coefficient (Wildman–Crippen LogP) is 0.955. The average molecular weight is 402 g/mol. The van der Waals surface area contributed by atoms with Crippen LogP contribution in [0.2, 0.25) is 0 Å². The summed E-state index contributed by atoms with van der Waals surface area (Å²) in [6.45, 7) is 2.40. The second-order valence-electron chi connectivity index (χ2n) is 5.69. The van der Waals surface area contributed by atoms with E-state index in [4.69, 9.17) is 14.2 Å². The third kappa shape index (κ3) is 8.95. The largest absolute Gasteiger partial charge is 0.481 e. The van der Waals surface area contributed by atoms with Crippen LogP contribution in [0.1, 0.15) is 46.0 Å². The van der Waals surface area contributed by atoms with E-state index in [9.17, 15) is 31.5 Å².